The summed E-state index contributed by atoms with van der Waals surface area (Å²) >= 11 is 0. The third kappa shape index (κ3) is 3.82. The Morgan fingerprint density at radius 1 is 0.871 bits per heavy atom. The van der Waals surface area contributed by atoms with E-state index in [0.29, 0.717) is 36.0 Å². The molecule has 12 unspecified atom stereocenters. The molecule has 4 saturated carbocycles. The Labute approximate surface area is 189 Å². The first-order valence-corrected chi connectivity index (χ1v) is 13.2. The van der Waals surface area contributed by atoms with Gasteiger partial charge in [-0.25, -0.2) is 0 Å². The Hall–Kier alpha value is -0.160. The van der Waals surface area contributed by atoms with Gasteiger partial charge in [0.2, 0.25) is 0 Å². The molecule has 4 heteroatoms. The first-order valence-electron chi connectivity index (χ1n) is 13.2. The van der Waals surface area contributed by atoms with Crippen molar-refractivity contribution in [3.63, 3.8) is 0 Å². The predicted octanol–water partition coefficient (Wildman–Crippen LogP) is 4.38. The summed E-state index contributed by atoms with van der Waals surface area (Å²) in [6.45, 7) is 11.3. The van der Waals surface area contributed by atoms with Crippen molar-refractivity contribution in [2.24, 2.45) is 52.3 Å². The molecule has 0 amide bonds. The molecule has 12 atom stereocenters. The third-order valence-corrected chi connectivity index (χ3v) is 11.1. The van der Waals surface area contributed by atoms with Gasteiger partial charge in [0.15, 0.2) is 0 Å². The molecular formula is C27H48O4. The summed E-state index contributed by atoms with van der Waals surface area (Å²) in [5, 5.41) is 43.6. The number of rotatable bonds is 5. The van der Waals surface area contributed by atoms with E-state index in [9.17, 15) is 20.4 Å². The van der Waals surface area contributed by atoms with Crippen molar-refractivity contribution in [2.45, 2.75) is 117 Å². The molecule has 0 heterocycles. The third-order valence-electron chi connectivity index (χ3n) is 11.1. The quantitative estimate of drug-likeness (QED) is 0.515. The number of fused-ring (bicyclic) bond motifs is 5. The van der Waals surface area contributed by atoms with Crippen molar-refractivity contribution in [2.75, 3.05) is 0 Å². The average Bonchev–Trinajstić information content (AvgIpc) is 2.96. The molecule has 0 bridgehead atoms. The molecule has 0 radical (unpaired) electrons. The number of aliphatic hydroxyl groups excluding tert-OH is 4. The molecule has 4 fully saturated rings. The van der Waals surface area contributed by atoms with Crippen LogP contribution in [0.4, 0.5) is 0 Å². The molecule has 0 aromatic heterocycles. The maximum absolute atomic E-state index is 11.3. The summed E-state index contributed by atoms with van der Waals surface area (Å²) in [5.41, 5.74) is -0.0317. The second kappa shape index (κ2) is 8.56. The number of hydrogen-bond acceptors (Lipinski definition) is 4. The van der Waals surface area contributed by atoms with Crippen molar-refractivity contribution in [3.05, 3.63) is 0 Å². The summed E-state index contributed by atoms with van der Waals surface area (Å²) in [7, 11) is 0. The molecule has 31 heavy (non-hydrogen) atoms. The van der Waals surface area contributed by atoms with E-state index in [1.807, 2.05) is 0 Å². The first-order chi connectivity index (χ1) is 14.5. The average molecular weight is 437 g/mol. The molecular weight excluding hydrogens is 388 g/mol. The lowest BCUT2D eigenvalue weighted by Gasteiger charge is -2.62. The van der Waals surface area contributed by atoms with Gasteiger partial charge in [0.1, 0.15) is 0 Å². The lowest BCUT2D eigenvalue weighted by Crippen LogP contribution is -2.59. The first kappa shape index (κ1) is 24.0. The van der Waals surface area contributed by atoms with Crippen LogP contribution in [0, 0.1) is 52.3 Å². The smallest absolute Gasteiger partial charge is 0.0623 e. The van der Waals surface area contributed by atoms with E-state index < -0.39 is 6.10 Å². The minimum absolute atomic E-state index is 0.0706. The van der Waals surface area contributed by atoms with E-state index in [-0.39, 0.29) is 41.0 Å². The Bertz CT molecular complexity index is 637. The predicted molar refractivity (Wildman–Crippen MR) is 123 cm³/mol. The van der Waals surface area contributed by atoms with Crippen LogP contribution in [0.3, 0.4) is 0 Å². The van der Waals surface area contributed by atoms with E-state index in [0.717, 1.165) is 51.4 Å². The van der Waals surface area contributed by atoms with E-state index in [4.69, 9.17) is 0 Å². The molecule has 0 aliphatic heterocycles. The normalized spacial score (nSPS) is 51.7. The largest absolute Gasteiger partial charge is 0.393 e. The van der Waals surface area contributed by atoms with E-state index in [1.54, 1.807) is 0 Å². The molecule has 4 nitrogen and oxygen atoms in total. The van der Waals surface area contributed by atoms with Crippen molar-refractivity contribution >= 4 is 0 Å². The fraction of sp³-hybridized carbons (Fsp3) is 1.00. The molecule has 0 aromatic rings. The highest BCUT2D eigenvalue weighted by Crippen LogP contribution is 2.68. The van der Waals surface area contributed by atoms with Crippen LogP contribution in [-0.4, -0.2) is 44.8 Å². The van der Waals surface area contributed by atoms with Crippen LogP contribution in [0.2, 0.25) is 0 Å². The van der Waals surface area contributed by atoms with Gasteiger partial charge >= 0.3 is 0 Å². The highest BCUT2D eigenvalue weighted by Gasteiger charge is 2.64. The van der Waals surface area contributed by atoms with E-state index in [1.165, 1.54) is 0 Å². The molecule has 0 aromatic carbocycles. The van der Waals surface area contributed by atoms with Gasteiger partial charge < -0.3 is 20.4 Å². The van der Waals surface area contributed by atoms with Crippen LogP contribution < -0.4 is 0 Å². The van der Waals surface area contributed by atoms with Crippen molar-refractivity contribution in [3.8, 4) is 0 Å². The summed E-state index contributed by atoms with van der Waals surface area (Å²) in [4.78, 5) is 0. The number of aliphatic hydroxyl groups is 4. The summed E-state index contributed by atoms with van der Waals surface area (Å²) in [6, 6.07) is 0. The van der Waals surface area contributed by atoms with Crippen LogP contribution in [0.1, 0.15) is 92.4 Å². The summed E-state index contributed by atoms with van der Waals surface area (Å²) < 4.78 is 0. The minimum atomic E-state index is -0.419. The number of hydrogen-bond donors (Lipinski definition) is 4. The Morgan fingerprint density at radius 3 is 2.26 bits per heavy atom. The van der Waals surface area contributed by atoms with Gasteiger partial charge in [0.05, 0.1) is 24.4 Å². The maximum atomic E-state index is 11.3. The van der Waals surface area contributed by atoms with Crippen molar-refractivity contribution in [1.29, 1.82) is 0 Å². The highest BCUT2D eigenvalue weighted by atomic mass is 16.3. The molecule has 4 N–H and O–H groups in total. The fourth-order valence-corrected chi connectivity index (χ4v) is 9.31. The lowest BCUT2D eigenvalue weighted by molar-refractivity contribution is -0.183. The zero-order valence-electron chi connectivity index (χ0n) is 20.5. The van der Waals surface area contributed by atoms with Crippen molar-refractivity contribution < 1.29 is 20.4 Å². The molecule has 0 spiro atoms. The minimum Gasteiger partial charge on any atom is -0.393 e. The Morgan fingerprint density at radius 2 is 1.58 bits per heavy atom. The molecule has 4 aliphatic rings. The maximum Gasteiger partial charge on any atom is 0.0623 e. The van der Waals surface area contributed by atoms with Gasteiger partial charge in [-0.05, 0) is 110 Å². The Kier molecular flexibility index (Phi) is 6.62. The SMILES string of the molecule is CC(C)CCC(O)C(C)C1C(O)CC2C3CCC4CC(O)CC(O)C4(C)C3CCC21C. The summed E-state index contributed by atoms with van der Waals surface area (Å²) in [5.74, 6) is 2.78. The van der Waals surface area contributed by atoms with Gasteiger partial charge in [-0.3, -0.25) is 0 Å². The van der Waals surface area contributed by atoms with Crippen LogP contribution in [0.5, 0.6) is 0 Å². The van der Waals surface area contributed by atoms with E-state index in [2.05, 4.69) is 34.6 Å². The zero-order chi connectivity index (χ0) is 22.7. The van der Waals surface area contributed by atoms with Crippen LogP contribution in [0.25, 0.3) is 0 Å². The molecule has 4 aliphatic carbocycles. The van der Waals surface area contributed by atoms with Gasteiger partial charge in [0, 0.05) is 0 Å². The second-order valence-electron chi connectivity index (χ2n) is 12.9. The van der Waals surface area contributed by atoms with Gasteiger partial charge in [0.25, 0.3) is 0 Å². The van der Waals surface area contributed by atoms with Gasteiger partial charge in [-0.15, -0.1) is 0 Å². The van der Waals surface area contributed by atoms with Gasteiger partial charge in [-0.1, -0.05) is 34.6 Å². The summed E-state index contributed by atoms with van der Waals surface area (Å²) in [6.07, 6.45) is 7.04. The van der Waals surface area contributed by atoms with E-state index >= 15 is 0 Å². The Balaban J connectivity index is 1.55. The van der Waals surface area contributed by atoms with Crippen LogP contribution in [0.15, 0.2) is 0 Å². The monoisotopic (exact) mass is 436 g/mol. The molecule has 180 valence electrons. The van der Waals surface area contributed by atoms with Crippen LogP contribution >= 0.6 is 0 Å². The fourth-order valence-electron chi connectivity index (χ4n) is 9.31. The molecule has 4 rings (SSSR count). The van der Waals surface area contributed by atoms with Crippen molar-refractivity contribution in [1.82, 2.24) is 0 Å². The zero-order valence-corrected chi connectivity index (χ0v) is 20.5. The standard InChI is InChI=1S/C27H48O4/c1-15(2)6-9-22(29)16(3)25-23(30)14-21-19-8-7-17-12-18(28)13-24(31)27(17,5)20(19)10-11-26(21,25)4/h15-25,28-31H,6-14H2,1-5H3. The van der Waals surface area contributed by atoms with Crippen LogP contribution in [-0.2, 0) is 0 Å². The molecule has 0 saturated heterocycles. The topological polar surface area (TPSA) is 80.9 Å². The second-order valence-corrected chi connectivity index (χ2v) is 12.9. The van der Waals surface area contributed by atoms with Gasteiger partial charge in [-0.2, -0.15) is 0 Å². The highest BCUT2D eigenvalue weighted by molar-refractivity contribution is 5.13. The lowest BCUT2D eigenvalue weighted by atomic mass is 9.43.